The summed E-state index contributed by atoms with van der Waals surface area (Å²) < 4.78 is 5.29. The fourth-order valence-electron chi connectivity index (χ4n) is 7.34. The van der Waals surface area contributed by atoms with E-state index in [1.54, 1.807) is 0 Å². The molecule has 36 heavy (non-hydrogen) atoms. The molecular weight excluding hydrogens is 440 g/mol. The van der Waals surface area contributed by atoms with E-state index in [-0.39, 0.29) is 5.97 Å². The standard InChI is InChI=1S/C34H26O2/c1-4-6-19-14-23(34(35)36-3)22(7-5-2)31-25-16-21-13-11-18-9-8-17-10-12-20-15-24(26(19)31)32(25)33-29(20)27(17)28(18)30(21)33/h8-16H,4-7H2,1-3H3. The zero-order chi connectivity index (χ0) is 24.3. The third kappa shape index (κ3) is 2.22. The van der Waals surface area contributed by atoms with E-state index in [0.29, 0.717) is 0 Å². The van der Waals surface area contributed by atoms with E-state index in [1.807, 2.05) is 0 Å². The highest BCUT2D eigenvalue weighted by Crippen LogP contribution is 2.54. The van der Waals surface area contributed by atoms with Gasteiger partial charge in [0.05, 0.1) is 12.7 Å². The maximum Gasteiger partial charge on any atom is 0.338 e. The second-order valence-electron chi connectivity index (χ2n) is 10.5. The molecule has 0 saturated heterocycles. The first-order chi connectivity index (χ1) is 17.7. The number of hydrogen-bond donors (Lipinski definition) is 0. The van der Waals surface area contributed by atoms with Crippen molar-refractivity contribution in [2.24, 2.45) is 0 Å². The van der Waals surface area contributed by atoms with Crippen molar-refractivity contribution < 1.29 is 9.53 Å². The minimum absolute atomic E-state index is 0.225. The van der Waals surface area contributed by atoms with Crippen LogP contribution in [0.1, 0.15) is 48.2 Å². The quantitative estimate of drug-likeness (QED) is 0.187. The van der Waals surface area contributed by atoms with Gasteiger partial charge in [-0.2, -0.15) is 0 Å². The maximum absolute atomic E-state index is 13.0. The smallest absolute Gasteiger partial charge is 0.338 e. The lowest BCUT2D eigenvalue weighted by Crippen LogP contribution is -2.08. The summed E-state index contributed by atoms with van der Waals surface area (Å²) in [5.74, 6) is -0.225. The summed E-state index contributed by atoms with van der Waals surface area (Å²) in [4.78, 5) is 13.0. The van der Waals surface area contributed by atoms with Gasteiger partial charge >= 0.3 is 5.97 Å². The Hall–Kier alpha value is -3.91. The van der Waals surface area contributed by atoms with Crippen LogP contribution in [0.25, 0.3) is 75.4 Å². The molecule has 0 unspecified atom stereocenters. The maximum atomic E-state index is 13.0. The van der Waals surface area contributed by atoms with Gasteiger partial charge in [-0.05, 0) is 118 Å². The van der Waals surface area contributed by atoms with Crippen molar-refractivity contribution in [3.63, 3.8) is 0 Å². The van der Waals surface area contributed by atoms with Crippen molar-refractivity contribution in [2.45, 2.75) is 39.5 Å². The molecule has 0 bridgehead atoms. The van der Waals surface area contributed by atoms with Crippen LogP contribution in [0.5, 0.6) is 0 Å². The van der Waals surface area contributed by atoms with Crippen LogP contribution in [0, 0.1) is 0 Å². The molecule has 0 fully saturated rings. The highest BCUT2D eigenvalue weighted by molar-refractivity contribution is 6.51. The Balaban J connectivity index is 1.73. The van der Waals surface area contributed by atoms with Gasteiger partial charge in [-0.3, -0.25) is 0 Å². The molecule has 8 aromatic rings. The number of carbonyl (C=O) groups excluding carboxylic acids is 1. The minimum atomic E-state index is -0.225. The van der Waals surface area contributed by atoms with E-state index in [4.69, 9.17) is 4.74 Å². The van der Waals surface area contributed by atoms with Crippen LogP contribution >= 0.6 is 0 Å². The third-order valence-corrected chi connectivity index (χ3v) is 8.60. The van der Waals surface area contributed by atoms with Crippen LogP contribution in [-0.4, -0.2) is 13.1 Å². The first kappa shape index (κ1) is 20.3. The third-order valence-electron chi connectivity index (χ3n) is 8.60. The molecule has 0 aliphatic carbocycles. The molecule has 0 aromatic heterocycles. The Kier molecular flexibility index (Phi) is 3.86. The van der Waals surface area contributed by atoms with Gasteiger partial charge in [0.25, 0.3) is 0 Å². The zero-order valence-electron chi connectivity index (χ0n) is 20.8. The molecule has 174 valence electrons. The van der Waals surface area contributed by atoms with Crippen LogP contribution in [0.3, 0.4) is 0 Å². The Bertz CT molecular complexity index is 2080. The van der Waals surface area contributed by atoms with Crippen molar-refractivity contribution in [3.8, 4) is 0 Å². The first-order valence-corrected chi connectivity index (χ1v) is 13.2. The molecule has 0 saturated carbocycles. The Morgan fingerprint density at radius 3 is 1.69 bits per heavy atom. The van der Waals surface area contributed by atoms with E-state index >= 15 is 0 Å². The van der Waals surface area contributed by atoms with Gasteiger partial charge in [-0.15, -0.1) is 0 Å². The number of carbonyl (C=O) groups is 1. The van der Waals surface area contributed by atoms with Gasteiger partial charge in [-0.1, -0.05) is 63.1 Å². The van der Waals surface area contributed by atoms with Crippen LogP contribution in [0.2, 0.25) is 0 Å². The van der Waals surface area contributed by atoms with Gasteiger partial charge < -0.3 is 4.74 Å². The summed E-state index contributed by atoms with van der Waals surface area (Å²) in [5.41, 5.74) is 3.14. The lowest BCUT2D eigenvalue weighted by molar-refractivity contribution is 0.0599. The number of benzene rings is 6. The number of methoxy groups -OCH3 is 1. The Morgan fingerprint density at radius 1 is 0.611 bits per heavy atom. The van der Waals surface area contributed by atoms with Crippen molar-refractivity contribution in [3.05, 3.63) is 71.3 Å². The van der Waals surface area contributed by atoms with Crippen molar-refractivity contribution in [1.29, 1.82) is 0 Å². The van der Waals surface area contributed by atoms with Crippen LogP contribution in [0.4, 0.5) is 0 Å². The summed E-state index contributed by atoms with van der Waals surface area (Å²) >= 11 is 0. The summed E-state index contributed by atoms with van der Waals surface area (Å²) in [5, 5.41) is 18.9. The number of hydrogen-bond acceptors (Lipinski definition) is 2. The number of fused-ring (bicyclic) bond motifs is 3. The molecule has 0 N–H and O–H groups in total. The molecule has 0 heterocycles. The summed E-state index contributed by atoms with van der Waals surface area (Å²) in [6.07, 6.45) is 3.80. The molecule has 0 spiro atoms. The minimum Gasteiger partial charge on any atom is -0.465 e. The van der Waals surface area contributed by atoms with Crippen molar-refractivity contribution in [2.75, 3.05) is 7.11 Å². The van der Waals surface area contributed by atoms with E-state index in [9.17, 15) is 4.79 Å². The summed E-state index contributed by atoms with van der Waals surface area (Å²) in [6.45, 7) is 4.41. The highest BCUT2D eigenvalue weighted by Gasteiger charge is 2.28. The molecule has 2 heteroatoms. The highest BCUT2D eigenvalue weighted by atomic mass is 16.5. The molecule has 0 radical (unpaired) electrons. The Morgan fingerprint density at radius 2 is 1.14 bits per heavy atom. The predicted octanol–water partition coefficient (Wildman–Crippen LogP) is 9.20. The average Bonchev–Trinajstić information content (AvgIpc) is 3.43. The topological polar surface area (TPSA) is 26.3 Å². The van der Waals surface area contributed by atoms with E-state index in [2.05, 4.69) is 68.4 Å². The molecule has 0 amide bonds. The molecule has 0 aliphatic heterocycles. The lowest BCUT2D eigenvalue weighted by Gasteiger charge is -2.14. The molecule has 8 aromatic carbocycles. The number of rotatable bonds is 5. The van der Waals surface area contributed by atoms with Crippen LogP contribution in [-0.2, 0) is 17.6 Å². The fourth-order valence-corrected chi connectivity index (χ4v) is 7.34. The molecular formula is C34H26O2. The van der Waals surface area contributed by atoms with Crippen molar-refractivity contribution >= 4 is 81.4 Å². The molecule has 0 aliphatic rings. The average molecular weight is 467 g/mol. The van der Waals surface area contributed by atoms with Gasteiger partial charge in [0.1, 0.15) is 0 Å². The van der Waals surface area contributed by atoms with Gasteiger partial charge in [0.15, 0.2) is 0 Å². The van der Waals surface area contributed by atoms with Gasteiger partial charge in [0.2, 0.25) is 0 Å². The molecule has 2 nitrogen and oxygen atoms in total. The SMILES string of the molecule is CCCc1cc(C(=O)OC)c(CCC)c2c3cc4ccc5ccc6ccc7cc(c12)c3c1c7c6c5c41. The lowest BCUT2D eigenvalue weighted by atomic mass is 9.91. The first-order valence-electron chi connectivity index (χ1n) is 13.2. The summed E-state index contributed by atoms with van der Waals surface area (Å²) in [6, 6.07) is 20.7. The normalized spacial score (nSPS) is 12.9. The van der Waals surface area contributed by atoms with Crippen LogP contribution < -0.4 is 0 Å². The van der Waals surface area contributed by atoms with E-state index in [0.717, 1.165) is 36.8 Å². The largest absolute Gasteiger partial charge is 0.465 e. The Labute approximate surface area is 208 Å². The fraction of sp³-hybridized carbons (Fsp3) is 0.206. The zero-order valence-corrected chi connectivity index (χ0v) is 20.8. The second-order valence-corrected chi connectivity index (χ2v) is 10.5. The monoisotopic (exact) mass is 466 g/mol. The number of ether oxygens (including phenoxy) is 1. The second kappa shape index (κ2) is 6.85. The van der Waals surface area contributed by atoms with E-state index in [1.165, 1.54) is 88.1 Å². The predicted molar refractivity (Wildman–Crippen MR) is 153 cm³/mol. The molecule has 8 rings (SSSR count). The van der Waals surface area contributed by atoms with E-state index < -0.39 is 0 Å². The number of esters is 1. The number of aryl methyl sites for hydroxylation is 2. The molecule has 0 atom stereocenters. The summed E-state index contributed by atoms with van der Waals surface area (Å²) in [7, 11) is 1.50. The van der Waals surface area contributed by atoms with Gasteiger partial charge in [-0.25, -0.2) is 4.79 Å². The van der Waals surface area contributed by atoms with Gasteiger partial charge in [0, 0.05) is 0 Å². The van der Waals surface area contributed by atoms with Crippen LogP contribution in [0.15, 0.2) is 54.6 Å². The van der Waals surface area contributed by atoms with Crippen molar-refractivity contribution in [1.82, 2.24) is 0 Å².